The number of anilines is 2. The van der Waals surface area contributed by atoms with Crippen LogP contribution in [-0.4, -0.2) is 36.6 Å². The Bertz CT molecular complexity index is 529. The zero-order valence-corrected chi connectivity index (χ0v) is 10.0. The van der Waals surface area contributed by atoms with E-state index in [1.165, 1.54) is 0 Å². The Labute approximate surface area is 105 Å². The number of fused-ring (bicyclic) bond motifs is 1. The van der Waals surface area contributed by atoms with Gasteiger partial charge in [-0.25, -0.2) is 0 Å². The fourth-order valence-electron chi connectivity index (χ4n) is 2.55. The number of benzene rings is 1. The van der Waals surface area contributed by atoms with Crippen molar-refractivity contribution in [3.05, 3.63) is 24.3 Å². The highest BCUT2D eigenvalue weighted by Crippen LogP contribution is 2.43. The fourth-order valence-corrected chi connectivity index (χ4v) is 2.55. The second-order valence-electron chi connectivity index (χ2n) is 4.82. The number of carboxylic acid groups (broad SMARTS) is 1. The molecule has 2 atom stereocenters. The minimum atomic E-state index is -0.774. The molecule has 3 rings (SSSR count). The van der Waals surface area contributed by atoms with E-state index in [4.69, 9.17) is 5.11 Å². The van der Waals surface area contributed by atoms with E-state index in [-0.39, 0.29) is 24.4 Å². The molecule has 18 heavy (non-hydrogen) atoms. The van der Waals surface area contributed by atoms with E-state index in [0.717, 1.165) is 11.4 Å². The number of rotatable bonds is 2. The monoisotopic (exact) mass is 246 g/mol. The zero-order valence-electron chi connectivity index (χ0n) is 10.0. The van der Waals surface area contributed by atoms with Crippen molar-refractivity contribution in [3.63, 3.8) is 0 Å². The summed E-state index contributed by atoms with van der Waals surface area (Å²) in [4.78, 5) is 26.4. The summed E-state index contributed by atoms with van der Waals surface area (Å²) in [6.45, 7) is 0.266. The maximum absolute atomic E-state index is 11.9. The lowest BCUT2D eigenvalue weighted by Crippen LogP contribution is -2.45. The standard InChI is InChI=1S/C13H14N2O3/c1-14-9-4-2-3-5-10(9)15(7-12(14)16)11-6-8(11)13(17)18/h2-5,8,11H,6-7H2,1H3,(H,17,18). The summed E-state index contributed by atoms with van der Waals surface area (Å²) in [5, 5.41) is 9.00. The summed E-state index contributed by atoms with van der Waals surface area (Å²) in [6, 6.07) is 7.58. The average molecular weight is 246 g/mol. The highest BCUT2D eigenvalue weighted by molar-refractivity contribution is 6.03. The van der Waals surface area contributed by atoms with Gasteiger partial charge in [-0.3, -0.25) is 9.59 Å². The van der Waals surface area contributed by atoms with E-state index < -0.39 is 5.97 Å². The van der Waals surface area contributed by atoms with Crippen molar-refractivity contribution in [3.8, 4) is 0 Å². The Kier molecular flexibility index (Phi) is 2.29. The number of aliphatic carboxylic acids is 1. The molecule has 0 aromatic heterocycles. The Morgan fingerprint density at radius 1 is 1.33 bits per heavy atom. The maximum Gasteiger partial charge on any atom is 0.308 e. The number of carbonyl (C=O) groups excluding carboxylic acids is 1. The van der Waals surface area contributed by atoms with Gasteiger partial charge in [-0.1, -0.05) is 12.1 Å². The van der Waals surface area contributed by atoms with Crippen LogP contribution in [0.3, 0.4) is 0 Å². The second-order valence-corrected chi connectivity index (χ2v) is 4.82. The van der Waals surface area contributed by atoms with Crippen LogP contribution in [0.5, 0.6) is 0 Å². The normalized spacial score (nSPS) is 25.9. The van der Waals surface area contributed by atoms with Gasteiger partial charge in [-0.2, -0.15) is 0 Å². The molecule has 1 amide bonds. The first kappa shape index (κ1) is 11.1. The Balaban J connectivity index is 1.95. The maximum atomic E-state index is 11.9. The third-order valence-electron chi connectivity index (χ3n) is 3.71. The topological polar surface area (TPSA) is 60.9 Å². The number of hydrogen-bond acceptors (Lipinski definition) is 3. The Hall–Kier alpha value is -2.04. The van der Waals surface area contributed by atoms with Gasteiger partial charge in [0.05, 0.1) is 23.8 Å². The van der Waals surface area contributed by atoms with Crippen molar-refractivity contribution in [2.45, 2.75) is 12.5 Å². The molecule has 0 saturated heterocycles. The molecule has 0 radical (unpaired) electrons. The largest absolute Gasteiger partial charge is 0.481 e. The lowest BCUT2D eigenvalue weighted by molar-refractivity contribution is -0.138. The first-order valence-electron chi connectivity index (χ1n) is 5.94. The molecule has 2 unspecified atom stereocenters. The summed E-state index contributed by atoms with van der Waals surface area (Å²) in [5.41, 5.74) is 1.80. The summed E-state index contributed by atoms with van der Waals surface area (Å²) < 4.78 is 0. The molecule has 1 aromatic rings. The van der Waals surface area contributed by atoms with Gasteiger partial charge in [-0.05, 0) is 18.6 Å². The number of carboxylic acids is 1. The van der Waals surface area contributed by atoms with Crippen LogP contribution in [0.25, 0.3) is 0 Å². The van der Waals surface area contributed by atoms with Gasteiger partial charge >= 0.3 is 5.97 Å². The van der Waals surface area contributed by atoms with E-state index in [1.54, 1.807) is 11.9 Å². The van der Waals surface area contributed by atoms with Crippen molar-refractivity contribution in [1.82, 2.24) is 0 Å². The second kappa shape index (κ2) is 3.73. The van der Waals surface area contributed by atoms with Crippen LogP contribution >= 0.6 is 0 Å². The molecule has 94 valence electrons. The van der Waals surface area contributed by atoms with Crippen molar-refractivity contribution >= 4 is 23.3 Å². The van der Waals surface area contributed by atoms with Crippen molar-refractivity contribution in [2.24, 2.45) is 5.92 Å². The molecule has 0 spiro atoms. The molecule has 2 aliphatic rings. The van der Waals surface area contributed by atoms with E-state index in [9.17, 15) is 9.59 Å². The SMILES string of the molecule is CN1C(=O)CN(C2CC2C(=O)O)c2ccccc21. The van der Waals surface area contributed by atoms with Gasteiger partial charge in [0.2, 0.25) is 5.91 Å². The molecule has 1 aliphatic heterocycles. The third kappa shape index (κ3) is 1.54. The van der Waals surface area contributed by atoms with Gasteiger partial charge in [0.15, 0.2) is 0 Å². The predicted molar refractivity (Wildman–Crippen MR) is 66.7 cm³/mol. The van der Waals surface area contributed by atoms with E-state index in [0.29, 0.717) is 6.42 Å². The first-order valence-corrected chi connectivity index (χ1v) is 5.94. The summed E-state index contributed by atoms with van der Waals surface area (Å²) in [6.07, 6.45) is 0.626. The zero-order chi connectivity index (χ0) is 12.9. The first-order chi connectivity index (χ1) is 8.59. The summed E-state index contributed by atoms with van der Waals surface area (Å²) in [5.74, 6) is -1.11. The molecule has 5 heteroatoms. The lowest BCUT2D eigenvalue weighted by Gasteiger charge is -2.35. The van der Waals surface area contributed by atoms with Gasteiger partial charge in [0.1, 0.15) is 0 Å². The third-order valence-corrected chi connectivity index (χ3v) is 3.71. The summed E-state index contributed by atoms with van der Waals surface area (Å²) >= 11 is 0. The van der Waals surface area contributed by atoms with Crippen LogP contribution in [0.1, 0.15) is 6.42 Å². The lowest BCUT2D eigenvalue weighted by atomic mass is 10.1. The number of nitrogens with zero attached hydrogens (tertiary/aromatic N) is 2. The number of carbonyl (C=O) groups is 2. The van der Waals surface area contributed by atoms with Gasteiger partial charge in [0, 0.05) is 13.1 Å². The fraction of sp³-hybridized carbons (Fsp3) is 0.385. The molecule has 0 bridgehead atoms. The minimum absolute atomic E-state index is 0.00439. The van der Waals surface area contributed by atoms with Crippen molar-refractivity contribution in [2.75, 3.05) is 23.4 Å². The Morgan fingerprint density at radius 2 is 2.00 bits per heavy atom. The van der Waals surface area contributed by atoms with Crippen LogP contribution in [-0.2, 0) is 9.59 Å². The van der Waals surface area contributed by atoms with E-state index in [1.807, 2.05) is 29.2 Å². The van der Waals surface area contributed by atoms with Gasteiger partial charge in [0.25, 0.3) is 0 Å². The quantitative estimate of drug-likeness (QED) is 0.843. The van der Waals surface area contributed by atoms with Crippen molar-refractivity contribution < 1.29 is 14.7 Å². The van der Waals surface area contributed by atoms with E-state index in [2.05, 4.69) is 0 Å². The average Bonchev–Trinajstić information content (AvgIpc) is 3.14. The van der Waals surface area contributed by atoms with Crippen LogP contribution in [0.4, 0.5) is 11.4 Å². The highest BCUT2D eigenvalue weighted by atomic mass is 16.4. The Morgan fingerprint density at radius 3 is 2.61 bits per heavy atom. The molecule has 1 N–H and O–H groups in total. The molecule has 1 saturated carbocycles. The van der Waals surface area contributed by atoms with E-state index >= 15 is 0 Å². The smallest absolute Gasteiger partial charge is 0.308 e. The molecular formula is C13H14N2O3. The molecule has 1 aromatic carbocycles. The molecular weight excluding hydrogens is 232 g/mol. The number of likely N-dealkylation sites (N-methyl/N-ethyl adjacent to an activating group) is 1. The van der Waals surface area contributed by atoms with Crippen molar-refractivity contribution in [1.29, 1.82) is 0 Å². The number of amides is 1. The summed E-state index contributed by atoms with van der Waals surface area (Å²) in [7, 11) is 1.75. The number of para-hydroxylation sites is 2. The van der Waals surface area contributed by atoms with Crippen LogP contribution in [0, 0.1) is 5.92 Å². The molecule has 5 nitrogen and oxygen atoms in total. The molecule has 1 fully saturated rings. The molecule has 1 aliphatic carbocycles. The van der Waals surface area contributed by atoms with Crippen LogP contribution in [0.15, 0.2) is 24.3 Å². The number of hydrogen-bond donors (Lipinski definition) is 1. The van der Waals surface area contributed by atoms with Crippen LogP contribution in [0.2, 0.25) is 0 Å². The molecule has 1 heterocycles. The van der Waals surface area contributed by atoms with Gasteiger partial charge in [-0.15, -0.1) is 0 Å². The van der Waals surface area contributed by atoms with Crippen LogP contribution < -0.4 is 9.80 Å². The highest BCUT2D eigenvalue weighted by Gasteiger charge is 2.49. The minimum Gasteiger partial charge on any atom is -0.481 e. The predicted octanol–water partition coefficient (Wildman–Crippen LogP) is 0.942. The van der Waals surface area contributed by atoms with Gasteiger partial charge < -0.3 is 14.9 Å².